The van der Waals surface area contributed by atoms with Gasteiger partial charge in [-0.1, -0.05) is 73.8 Å². The maximum Gasteiger partial charge on any atom is 0.336 e. The van der Waals surface area contributed by atoms with Crippen molar-refractivity contribution in [3.63, 3.8) is 0 Å². The standard InChI is InChI=1S/C31H36ClN3O5/c1-4-5-13-28-33-29(32)26(19-36)35(28)18-21-14-16-22(17-15-21)23-9-8-11-24(23)31(30(39)40-3,34-20(2)37)25-10-6-7-12-27(25)38/h6-7,10,12,14-17,19,23-24,38H,4-5,8-9,11,13,18H2,1-3H3,(H,34,37). The fourth-order valence-corrected chi connectivity index (χ4v) is 6.39. The molecule has 8 nitrogen and oxygen atoms in total. The molecule has 0 aliphatic heterocycles. The molecule has 40 heavy (non-hydrogen) atoms. The van der Waals surface area contributed by atoms with Crippen LogP contribution in [0.15, 0.2) is 48.5 Å². The van der Waals surface area contributed by atoms with Gasteiger partial charge < -0.3 is 19.7 Å². The Morgan fingerprint density at radius 1 is 1.20 bits per heavy atom. The van der Waals surface area contributed by atoms with Crippen LogP contribution >= 0.6 is 11.6 Å². The molecule has 1 saturated carbocycles. The Hall–Kier alpha value is -3.65. The third-order valence-corrected chi connectivity index (χ3v) is 8.21. The van der Waals surface area contributed by atoms with Crippen molar-refractivity contribution in [2.75, 3.05) is 7.11 Å². The summed E-state index contributed by atoms with van der Waals surface area (Å²) >= 11 is 6.25. The SMILES string of the molecule is CCCCc1nc(Cl)c(C=O)n1Cc1ccc(C2CCCC2C(NC(C)=O)(C(=O)OC)c2ccccc2O)cc1. The molecule has 0 spiro atoms. The predicted octanol–water partition coefficient (Wildman–Crippen LogP) is 5.53. The predicted molar refractivity (Wildman–Crippen MR) is 152 cm³/mol. The molecule has 1 aromatic heterocycles. The molecule has 4 rings (SSSR count). The Bertz CT molecular complexity index is 1370. The Labute approximate surface area is 239 Å². The van der Waals surface area contributed by atoms with Gasteiger partial charge in [-0.3, -0.25) is 9.59 Å². The lowest BCUT2D eigenvalue weighted by molar-refractivity contribution is -0.154. The molecule has 1 aliphatic rings. The molecule has 1 aliphatic carbocycles. The van der Waals surface area contributed by atoms with Crippen molar-refractivity contribution in [2.45, 2.75) is 70.4 Å². The van der Waals surface area contributed by atoms with Gasteiger partial charge in [-0.15, -0.1) is 0 Å². The van der Waals surface area contributed by atoms with Gasteiger partial charge in [-0.25, -0.2) is 9.78 Å². The number of methoxy groups -OCH3 is 1. The Morgan fingerprint density at radius 3 is 2.55 bits per heavy atom. The molecule has 1 heterocycles. The first-order valence-corrected chi connectivity index (χ1v) is 14.1. The fourth-order valence-electron chi connectivity index (χ4n) is 6.14. The number of nitrogens with zero attached hydrogens (tertiary/aromatic N) is 2. The van der Waals surface area contributed by atoms with Crippen molar-refractivity contribution in [1.29, 1.82) is 0 Å². The number of hydrogen-bond acceptors (Lipinski definition) is 6. The minimum absolute atomic E-state index is 0.0760. The van der Waals surface area contributed by atoms with Gasteiger partial charge in [-0.05, 0) is 42.4 Å². The number of aryl methyl sites for hydroxylation is 1. The number of carbonyl (C=O) groups excluding carboxylic acids is 3. The van der Waals surface area contributed by atoms with E-state index in [0.29, 0.717) is 24.2 Å². The van der Waals surface area contributed by atoms with Crippen LogP contribution in [-0.4, -0.2) is 39.9 Å². The van der Waals surface area contributed by atoms with Gasteiger partial charge in [0.25, 0.3) is 0 Å². The van der Waals surface area contributed by atoms with Crippen molar-refractivity contribution in [3.8, 4) is 5.75 Å². The number of imidazole rings is 1. The Kier molecular flexibility index (Phi) is 9.30. The van der Waals surface area contributed by atoms with E-state index in [0.717, 1.165) is 55.3 Å². The van der Waals surface area contributed by atoms with Crippen LogP contribution in [0.5, 0.6) is 5.75 Å². The minimum Gasteiger partial charge on any atom is -0.508 e. The zero-order valence-electron chi connectivity index (χ0n) is 23.2. The number of hydrogen-bond donors (Lipinski definition) is 2. The van der Waals surface area contributed by atoms with Gasteiger partial charge in [0, 0.05) is 31.4 Å². The lowest BCUT2D eigenvalue weighted by Gasteiger charge is -2.40. The average molecular weight is 566 g/mol. The van der Waals surface area contributed by atoms with Crippen molar-refractivity contribution in [1.82, 2.24) is 14.9 Å². The number of aldehydes is 1. The summed E-state index contributed by atoms with van der Waals surface area (Å²) in [6, 6.07) is 14.7. The minimum atomic E-state index is -1.55. The van der Waals surface area contributed by atoms with Crippen LogP contribution in [0.25, 0.3) is 0 Å². The lowest BCUT2D eigenvalue weighted by Crippen LogP contribution is -2.57. The van der Waals surface area contributed by atoms with E-state index in [9.17, 15) is 19.5 Å². The van der Waals surface area contributed by atoms with Crippen molar-refractivity contribution < 1.29 is 24.2 Å². The topological polar surface area (TPSA) is 111 Å². The maximum atomic E-state index is 13.5. The summed E-state index contributed by atoms with van der Waals surface area (Å²) in [7, 11) is 1.29. The van der Waals surface area contributed by atoms with Gasteiger partial charge in [0.2, 0.25) is 5.91 Å². The van der Waals surface area contributed by atoms with E-state index in [1.807, 2.05) is 28.8 Å². The number of amides is 1. The average Bonchev–Trinajstić information content (AvgIpc) is 3.55. The molecule has 2 aromatic carbocycles. The molecule has 0 radical (unpaired) electrons. The van der Waals surface area contributed by atoms with Gasteiger partial charge in [0.15, 0.2) is 17.0 Å². The number of ether oxygens (including phenoxy) is 1. The third kappa shape index (κ3) is 5.63. The van der Waals surface area contributed by atoms with E-state index < -0.39 is 17.4 Å². The second kappa shape index (κ2) is 12.7. The van der Waals surface area contributed by atoms with Crippen LogP contribution in [0.2, 0.25) is 5.15 Å². The van der Waals surface area contributed by atoms with Crippen LogP contribution in [0.3, 0.4) is 0 Å². The summed E-state index contributed by atoms with van der Waals surface area (Å²) in [6.07, 6.45) is 5.74. The van der Waals surface area contributed by atoms with Crippen molar-refractivity contribution in [3.05, 3.63) is 81.9 Å². The largest absolute Gasteiger partial charge is 0.508 e. The zero-order valence-corrected chi connectivity index (χ0v) is 23.9. The molecule has 3 atom stereocenters. The third-order valence-electron chi connectivity index (χ3n) is 7.94. The summed E-state index contributed by atoms with van der Waals surface area (Å²) in [5.74, 6) is -0.721. The number of carbonyl (C=O) groups is 3. The molecule has 0 bridgehead atoms. The lowest BCUT2D eigenvalue weighted by atomic mass is 9.70. The van der Waals surface area contributed by atoms with Crippen molar-refractivity contribution in [2.24, 2.45) is 5.92 Å². The zero-order chi connectivity index (χ0) is 28.9. The quantitative estimate of drug-likeness (QED) is 0.233. The van der Waals surface area contributed by atoms with Crippen LogP contribution in [0, 0.1) is 5.92 Å². The van der Waals surface area contributed by atoms with E-state index >= 15 is 0 Å². The second-order valence-corrected chi connectivity index (χ2v) is 10.8. The van der Waals surface area contributed by atoms with Gasteiger partial charge >= 0.3 is 5.97 Å². The summed E-state index contributed by atoms with van der Waals surface area (Å²) in [5, 5.41) is 13.9. The summed E-state index contributed by atoms with van der Waals surface area (Å²) < 4.78 is 7.13. The first kappa shape index (κ1) is 29.3. The number of benzene rings is 2. The number of esters is 1. The molecule has 9 heteroatoms. The molecule has 1 amide bonds. The van der Waals surface area contributed by atoms with E-state index in [-0.39, 0.29) is 22.7 Å². The number of rotatable bonds is 11. The highest BCUT2D eigenvalue weighted by molar-refractivity contribution is 6.31. The van der Waals surface area contributed by atoms with E-state index in [4.69, 9.17) is 16.3 Å². The Balaban J connectivity index is 1.70. The summed E-state index contributed by atoms with van der Waals surface area (Å²) in [5.41, 5.74) is 1.14. The normalized spacial score (nSPS) is 18.2. The molecule has 2 N–H and O–H groups in total. The van der Waals surface area contributed by atoms with Crippen LogP contribution in [-0.2, 0) is 32.8 Å². The number of aromatic nitrogens is 2. The highest BCUT2D eigenvalue weighted by atomic mass is 35.5. The highest BCUT2D eigenvalue weighted by Crippen LogP contribution is 2.51. The van der Waals surface area contributed by atoms with E-state index in [1.54, 1.807) is 18.2 Å². The summed E-state index contributed by atoms with van der Waals surface area (Å²) in [6.45, 7) is 3.92. The van der Waals surface area contributed by atoms with Crippen molar-refractivity contribution >= 4 is 29.8 Å². The maximum absolute atomic E-state index is 13.5. The van der Waals surface area contributed by atoms with Crippen LogP contribution in [0.4, 0.5) is 0 Å². The fraction of sp³-hybridized carbons (Fsp3) is 0.419. The number of phenolic OH excluding ortho intramolecular Hbond substituents is 1. The van der Waals surface area contributed by atoms with E-state index in [1.165, 1.54) is 20.1 Å². The van der Waals surface area contributed by atoms with E-state index in [2.05, 4.69) is 17.2 Å². The molecular formula is C31H36ClN3O5. The second-order valence-electron chi connectivity index (χ2n) is 10.4. The first-order chi connectivity index (χ1) is 19.3. The molecule has 3 unspecified atom stereocenters. The molecule has 3 aromatic rings. The smallest absolute Gasteiger partial charge is 0.336 e. The van der Waals surface area contributed by atoms with Crippen LogP contribution in [0.1, 0.15) is 84.9 Å². The molecule has 1 fully saturated rings. The number of unbranched alkanes of at least 4 members (excludes halogenated alkanes) is 1. The van der Waals surface area contributed by atoms with Crippen LogP contribution < -0.4 is 5.32 Å². The Morgan fingerprint density at radius 2 is 1.93 bits per heavy atom. The summed E-state index contributed by atoms with van der Waals surface area (Å²) in [4.78, 5) is 42.2. The monoisotopic (exact) mass is 565 g/mol. The number of nitrogens with one attached hydrogen (secondary N) is 1. The molecular weight excluding hydrogens is 530 g/mol. The molecule has 212 valence electrons. The number of phenols is 1. The number of halogens is 1. The van der Waals surface area contributed by atoms with Gasteiger partial charge in [-0.2, -0.15) is 0 Å². The number of para-hydroxylation sites is 1. The number of aromatic hydroxyl groups is 1. The molecule has 0 saturated heterocycles. The first-order valence-electron chi connectivity index (χ1n) is 13.7. The van der Waals surface area contributed by atoms with Gasteiger partial charge in [0.05, 0.1) is 7.11 Å². The highest BCUT2D eigenvalue weighted by Gasteiger charge is 2.54. The van der Waals surface area contributed by atoms with Gasteiger partial charge in [0.1, 0.15) is 17.3 Å².